The summed E-state index contributed by atoms with van der Waals surface area (Å²) in [6, 6.07) is 0. The molecule has 1 aliphatic heterocycles. The van der Waals surface area contributed by atoms with Gasteiger partial charge in [-0.3, -0.25) is 9.29 Å². The molecule has 0 amide bonds. The fourth-order valence-corrected chi connectivity index (χ4v) is 5.38. The van der Waals surface area contributed by atoms with Gasteiger partial charge in [0.05, 0.1) is 24.8 Å². The Labute approximate surface area is 225 Å². The fourth-order valence-electron chi connectivity index (χ4n) is 4.15. The Hall–Kier alpha value is -3.14. The summed E-state index contributed by atoms with van der Waals surface area (Å²) in [5, 5.41) is 7.61. The summed E-state index contributed by atoms with van der Waals surface area (Å²) in [5.41, 5.74) is -0.193. The molecule has 1 saturated heterocycles. The number of ether oxygens (including phenoxy) is 4. The Morgan fingerprint density at radius 2 is 1.74 bits per heavy atom. The van der Waals surface area contributed by atoms with E-state index in [9.17, 15) is 8.42 Å². The molecular formula is C22H29ClN8O6S. The first kappa shape index (κ1) is 27.9. The van der Waals surface area contributed by atoms with Gasteiger partial charge in [0.2, 0.25) is 27.7 Å². The Kier molecular flexibility index (Phi) is 8.01. The Morgan fingerprint density at radius 1 is 1.11 bits per heavy atom. The first-order valence-electron chi connectivity index (χ1n) is 11.6. The third kappa shape index (κ3) is 5.50. The van der Waals surface area contributed by atoms with Gasteiger partial charge in [0, 0.05) is 19.5 Å². The summed E-state index contributed by atoms with van der Waals surface area (Å²) in [4.78, 5) is 16.6. The highest BCUT2D eigenvalue weighted by Crippen LogP contribution is 2.42. The van der Waals surface area contributed by atoms with Gasteiger partial charge in [-0.15, -0.1) is 10.2 Å². The zero-order chi connectivity index (χ0) is 27.7. The SMILES string of the molecule is COc1ncnc(OC)c1-n1c(NS(=O)(=O)[C@@H](C)[C@H](OC)c2ncc(Cl)cn2)nnc1[C@@H]1CCC(C)(C)O1. The van der Waals surface area contributed by atoms with Crippen LogP contribution in [0, 0.1) is 0 Å². The molecule has 0 unspecified atom stereocenters. The molecule has 1 fully saturated rings. The van der Waals surface area contributed by atoms with Crippen LogP contribution in [-0.2, 0) is 19.5 Å². The summed E-state index contributed by atoms with van der Waals surface area (Å²) >= 11 is 5.88. The van der Waals surface area contributed by atoms with Gasteiger partial charge in [0.15, 0.2) is 17.3 Å². The van der Waals surface area contributed by atoms with Crippen LogP contribution in [0.3, 0.4) is 0 Å². The largest absolute Gasteiger partial charge is 0.479 e. The molecule has 3 aromatic rings. The zero-order valence-corrected chi connectivity index (χ0v) is 23.3. The van der Waals surface area contributed by atoms with Crippen molar-refractivity contribution in [2.24, 2.45) is 0 Å². The van der Waals surface area contributed by atoms with Crippen molar-refractivity contribution in [1.29, 1.82) is 0 Å². The predicted octanol–water partition coefficient (Wildman–Crippen LogP) is 2.67. The molecule has 3 atom stereocenters. The molecule has 0 saturated carbocycles. The van der Waals surface area contributed by atoms with Gasteiger partial charge in [-0.2, -0.15) is 9.97 Å². The number of anilines is 1. The van der Waals surface area contributed by atoms with Crippen LogP contribution in [0.15, 0.2) is 18.7 Å². The quantitative estimate of drug-likeness (QED) is 0.380. The Morgan fingerprint density at radius 3 is 2.26 bits per heavy atom. The summed E-state index contributed by atoms with van der Waals surface area (Å²) in [6.07, 6.45) is 3.89. The van der Waals surface area contributed by atoms with Gasteiger partial charge < -0.3 is 18.9 Å². The number of methoxy groups -OCH3 is 3. The van der Waals surface area contributed by atoms with Crippen LogP contribution in [0.4, 0.5) is 5.95 Å². The molecule has 16 heteroatoms. The molecule has 1 aliphatic rings. The highest BCUT2D eigenvalue weighted by atomic mass is 35.5. The number of sulfonamides is 1. The lowest BCUT2D eigenvalue weighted by Crippen LogP contribution is -2.33. The van der Waals surface area contributed by atoms with Crippen molar-refractivity contribution < 1.29 is 27.4 Å². The maximum Gasteiger partial charge on any atom is 0.245 e. The monoisotopic (exact) mass is 568 g/mol. The molecule has 3 aromatic heterocycles. The molecule has 4 heterocycles. The molecular weight excluding hydrogens is 540 g/mol. The minimum absolute atomic E-state index is 0.119. The standard InChI is InChI=1S/C22H29ClN8O6S/c1-12(16(34-4)17-24-9-13(23)10-25-17)38(32,33)30-21-29-28-18(14-7-8-22(2,3)37-14)31(21)15-19(35-5)26-11-27-20(15)36-6/h9-12,14,16H,7-8H2,1-6H3,(H,29,30)/t12-,14-,16-/m0/s1. The highest BCUT2D eigenvalue weighted by molar-refractivity contribution is 7.93. The van der Waals surface area contributed by atoms with Crippen LogP contribution in [0.5, 0.6) is 11.8 Å². The lowest BCUT2D eigenvalue weighted by Gasteiger charge is -2.23. The number of aromatic nitrogens is 7. The maximum absolute atomic E-state index is 13.6. The van der Waals surface area contributed by atoms with Crippen molar-refractivity contribution >= 4 is 27.6 Å². The van der Waals surface area contributed by atoms with Crippen molar-refractivity contribution in [1.82, 2.24) is 34.7 Å². The number of hydrogen-bond acceptors (Lipinski definition) is 12. The summed E-state index contributed by atoms with van der Waals surface area (Å²) < 4.78 is 53.7. The Bertz CT molecular complexity index is 1360. The van der Waals surface area contributed by atoms with Crippen LogP contribution in [0.25, 0.3) is 5.69 Å². The van der Waals surface area contributed by atoms with Crippen molar-refractivity contribution in [3.63, 3.8) is 0 Å². The molecule has 206 valence electrons. The smallest absolute Gasteiger partial charge is 0.245 e. The van der Waals surface area contributed by atoms with E-state index in [1.807, 2.05) is 13.8 Å². The Balaban J connectivity index is 1.79. The van der Waals surface area contributed by atoms with Gasteiger partial charge in [-0.25, -0.2) is 18.4 Å². The summed E-state index contributed by atoms with van der Waals surface area (Å²) in [5.74, 6) is 0.578. The minimum atomic E-state index is -4.16. The number of hydrogen-bond donors (Lipinski definition) is 1. The van der Waals surface area contributed by atoms with E-state index in [-0.39, 0.29) is 29.2 Å². The first-order valence-corrected chi connectivity index (χ1v) is 13.5. The van der Waals surface area contributed by atoms with Gasteiger partial charge >= 0.3 is 0 Å². The van der Waals surface area contributed by atoms with E-state index in [4.69, 9.17) is 30.5 Å². The molecule has 0 aromatic carbocycles. The summed E-state index contributed by atoms with van der Waals surface area (Å²) in [6.45, 7) is 5.40. The second-order valence-corrected chi connectivity index (χ2v) is 11.6. The van der Waals surface area contributed by atoms with E-state index in [0.29, 0.717) is 17.3 Å². The van der Waals surface area contributed by atoms with E-state index in [1.54, 1.807) is 0 Å². The van der Waals surface area contributed by atoms with Crippen molar-refractivity contribution in [3.05, 3.63) is 35.4 Å². The molecule has 0 spiro atoms. The van der Waals surface area contributed by atoms with E-state index in [2.05, 4.69) is 34.9 Å². The van der Waals surface area contributed by atoms with Gasteiger partial charge in [0.1, 0.15) is 23.8 Å². The van der Waals surface area contributed by atoms with E-state index >= 15 is 0 Å². The van der Waals surface area contributed by atoms with Crippen molar-refractivity contribution in [2.75, 3.05) is 26.1 Å². The zero-order valence-electron chi connectivity index (χ0n) is 21.7. The molecule has 0 bridgehead atoms. The minimum Gasteiger partial charge on any atom is -0.479 e. The maximum atomic E-state index is 13.6. The highest BCUT2D eigenvalue weighted by Gasteiger charge is 2.39. The third-order valence-electron chi connectivity index (χ3n) is 6.11. The van der Waals surface area contributed by atoms with Crippen LogP contribution in [-0.4, -0.2) is 75.3 Å². The van der Waals surface area contributed by atoms with E-state index in [0.717, 1.165) is 6.42 Å². The fraction of sp³-hybridized carbons (Fsp3) is 0.545. The average Bonchev–Trinajstić information content (AvgIpc) is 3.46. The molecule has 14 nitrogen and oxygen atoms in total. The lowest BCUT2D eigenvalue weighted by atomic mass is 10.1. The van der Waals surface area contributed by atoms with Crippen LogP contribution in [0.2, 0.25) is 5.02 Å². The van der Waals surface area contributed by atoms with Crippen molar-refractivity contribution in [3.8, 4) is 17.4 Å². The molecule has 0 aliphatic carbocycles. The van der Waals surface area contributed by atoms with E-state index < -0.39 is 33.1 Å². The molecule has 0 radical (unpaired) electrons. The van der Waals surface area contributed by atoms with Gasteiger partial charge in [0.25, 0.3) is 0 Å². The van der Waals surface area contributed by atoms with Crippen LogP contribution in [0.1, 0.15) is 57.5 Å². The number of nitrogens with zero attached hydrogens (tertiary/aromatic N) is 7. The first-order chi connectivity index (χ1) is 18.0. The normalized spacial score (nSPS) is 18.7. The second-order valence-electron chi connectivity index (χ2n) is 9.13. The average molecular weight is 569 g/mol. The molecule has 4 rings (SSSR count). The van der Waals surface area contributed by atoms with Crippen LogP contribution < -0.4 is 14.2 Å². The van der Waals surface area contributed by atoms with Gasteiger partial charge in [-0.05, 0) is 33.6 Å². The summed E-state index contributed by atoms with van der Waals surface area (Å²) in [7, 11) is 0.0510. The van der Waals surface area contributed by atoms with E-state index in [1.165, 1.54) is 51.5 Å². The topological polar surface area (TPSA) is 165 Å². The number of rotatable bonds is 10. The second kappa shape index (κ2) is 10.9. The third-order valence-corrected chi connectivity index (χ3v) is 8.00. The number of nitrogens with one attached hydrogen (secondary N) is 1. The molecule has 1 N–H and O–H groups in total. The van der Waals surface area contributed by atoms with Crippen LogP contribution >= 0.6 is 11.6 Å². The van der Waals surface area contributed by atoms with Gasteiger partial charge in [-0.1, -0.05) is 11.6 Å². The molecule has 38 heavy (non-hydrogen) atoms. The lowest BCUT2D eigenvalue weighted by molar-refractivity contribution is -0.0207. The number of halogens is 1. The van der Waals surface area contributed by atoms with Crippen molar-refractivity contribution in [2.45, 2.75) is 56.7 Å². The predicted molar refractivity (Wildman–Crippen MR) is 136 cm³/mol.